The highest BCUT2D eigenvalue weighted by atomic mass is 16.3. The van der Waals surface area contributed by atoms with E-state index in [0.717, 1.165) is 12.7 Å². The van der Waals surface area contributed by atoms with Crippen molar-refractivity contribution >= 4 is 6.29 Å². The highest BCUT2D eigenvalue weighted by Crippen LogP contribution is 1.83. The largest absolute Gasteiger partial charge is 0.396 e. The van der Waals surface area contributed by atoms with Crippen LogP contribution < -0.4 is 0 Å². The third-order valence-corrected chi connectivity index (χ3v) is 0.589. The molecule has 0 rings (SSSR count). The minimum atomic E-state index is 0.306. The van der Waals surface area contributed by atoms with E-state index in [0.29, 0.717) is 19.1 Å². The lowest BCUT2D eigenvalue weighted by Crippen LogP contribution is -1.90. The molecule has 0 aliphatic carbocycles. The van der Waals surface area contributed by atoms with Crippen LogP contribution in [0.15, 0.2) is 0 Å². The van der Waals surface area contributed by atoms with Crippen LogP contribution in [0.5, 0.6) is 0 Å². The summed E-state index contributed by atoms with van der Waals surface area (Å²) < 4.78 is 0. The first-order valence-corrected chi connectivity index (χ1v) is 4.22. The third kappa shape index (κ3) is 105. The first kappa shape index (κ1) is 17.6. The molecule has 0 saturated carbocycles. The van der Waals surface area contributed by atoms with Crippen LogP contribution in [0, 0.1) is 5.92 Å². The first-order chi connectivity index (χ1) is 5.60. The molecule has 0 aliphatic rings. The van der Waals surface area contributed by atoms with E-state index in [4.69, 9.17) is 15.0 Å². The zero-order valence-electron chi connectivity index (χ0n) is 8.58. The molecule has 0 aromatic heterocycles. The molecule has 0 spiro atoms. The molecular formula is C9H22O3. The van der Waals surface area contributed by atoms with Crippen molar-refractivity contribution < 1.29 is 15.0 Å². The molecule has 0 amide bonds. The molecule has 2 N–H and O–H groups in total. The van der Waals surface area contributed by atoms with Gasteiger partial charge in [0.25, 0.3) is 0 Å². The average Bonchev–Trinajstić information content (AvgIpc) is 2.06. The fourth-order valence-electron chi connectivity index (χ4n) is 0. The summed E-state index contributed by atoms with van der Waals surface area (Å²) in [5.41, 5.74) is 0. The van der Waals surface area contributed by atoms with Gasteiger partial charge in [-0.2, -0.15) is 0 Å². The number of aldehydes is 1. The summed E-state index contributed by atoms with van der Waals surface area (Å²) >= 11 is 0. The Balaban J connectivity index is -0.000000105. The molecule has 0 fully saturated rings. The van der Waals surface area contributed by atoms with Gasteiger partial charge in [0.05, 0.1) is 0 Å². The zero-order chi connectivity index (χ0) is 10.4. The van der Waals surface area contributed by atoms with Gasteiger partial charge in [-0.25, -0.2) is 0 Å². The van der Waals surface area contributed by atoms with Crippen molar-refractivity contribution in [2.45, 2.75) is 34.1 Å². The number of carbonyl (C=O) groups is 1. The lowest BCUT2D eigenvalue weighted by atomic mass is 10.2. The number of hydrogen-bond donors (Lipinski definition) is 2. The number of aliphatic hydroxyl groups is 2. The first-order valence-electron chi connectivity index (χ1n) is 4.22. The summed E-state index contributed by atoms with van der Waals surface area (Å²) in [6.45, 7) is 7.94. The Kier molecular flexibility index (Phi) is 32.9. The Morgan fingerprint density at radius 3 is 1.50 bits per heavy atom. The van der Waals surface area contributed by atoms with E-state index >= 15 is 0 Å². The Morgan fingerprint density at radius 1 is 1.33 bits per heavy atom. The van der Waals surface area contributed by atoms with Crippen molar-refractivity contribution in [1.82, 2.24) is 0 Å². The van der Waals surface area contributed by atoms with Crippen molar-refractivity contribution in [3.63, 3.8) is 0 Å². The molecule has 0 unspecified atom stereocenters. The molecule has 0 radical (unpaired) electrons. The Labute approximate surface area is 75.4 Å². The standard InChI is InChI=1S/C4H10O.C3H8O.C2H4O/c1-4(2)3-5;1-2-3-4;1-2-3/h4-5H,3H2,1-2H3;4H,2-3H2,1H3;2H,1H3. The summed E-state index contributed by atoms with van der Waals surface area (Å²) in [5, 5.41) is 16.0. The molecule has 12 heavy (non-hydrogen) atoms. The maximum Gasteiger partial charge on any atom is 0.116 e. The minimum absolute atomic E-state index is 0.306. The van der Waals surface area contributed by atoms with E-state index < -0.39 is 0 Å². The van der Waals surface area contributed by atoms with Crippen LogP contribution in [0.4, 0.5) is 0 Å². The molecule has 3 nitrogen and oxygen atoms in total. The van der Waals surface area contributed by atoms with Gasteiger partial charge in [-0.05, 0) is 19.3 Å². The third-order valence-electron chi connectivity index (χ3n) is 0.589. The van der Waals surface area contributed by atoms with Crippen molar-refractivity contribution in [3.05, 3.63) is 0 Å². The smallest absolute Gasteiger partial charge is 0.116 e. The second kappa shape index (κ2) is 22.4. The average molecular weight is 178 g/mol. The van der Waals surface area contributed by atoms with Crippen LogP contribution in [-0.2, 0) is 4.79 Å². The van der Waals surface area contributed by atoms with Gasteiger partial charge in [-0.3, -0.25) is 0 Å². The molecule has 0 saturated heterocycles. The second-order valence-corrected chi connectivity index (χ2v) is 2.54. The summed E-state index contributed by atoms with van der Waals surface area (Å²) in [6, 6.07) is 0. The number of aliphatic hydroxyl groups excluding tert-OH is 2. The molecule has 0 aliphatic heterocycles. The highest BCUT2D eigenvalue weighted by molar-refractivity contribution is 5.44. The second-order valence-electron chi connectivity index (χ2n) is 2.54. The van der Waals surface area contributed by atoms with Gasteiger partial charge in [-0.15, -0.1) is 0 Å². The number of carbonyl (C=O) groups excluding carboxylic acids is 1. The van der Waals surface area contributed by atoms with Crippen LogP contribution in [0.2, 0.25) is 0 Å². The molecule has 3 heteroatoms. The monoisotopic (exact) mass is 178 g/mol. The van der Waals surface area contributed by atoms with Gasteiger partial charge in [0.15, 0.2) is 0 Å². The van der Waals surface area contributed by atoms with Crippen LogP contribution in [-0.4, -0.2) is 29.7 Å². The summed E-state index contributed by atoms with van der Waals surface area (Å²) in [4.78, 5) is 8.81. The lowest BCUT2D eigenvalue weighted by molar-refractivity contribution is -0.106. The fraction of sp³-hybridized carbons (Fsp3) is 0.889. The van der Waals surface area contributed by atoms with Gasteiger partial charge in [0.2, 0.25) is 0 Å². The van der Waals surface area contributed by atoms with E-state index in [1.165, 1.54) is 6.92 Å². The summed E-state index contributed by atoms with van der Waals surface area (Å²) in [7, 11) is 0. The van der Waals surface area contributed by atoms with Crippen LogP contribution in [0.1, 0.15) is 34.1 Å². The Morgan fingerprint density at radius 2 is 1.50 bits per heavy atom. The molecule has 0 bridgehead atoms. The van der Waals surface area contributed by atoms with E-state index in [9.17, 15) is 0 Å². The SMILES string of the molecule is CC(C)CO.CC=O.CCCO. The van der Waals surface area contributed by atoms with Crippen molar-refractivity contribution in [2.24, 2.45) is 5.92 Å². The Bertz CT molecular complexity index is 60.8. The van der Waals surface area contributed by atoms with Crippen LogP contribution >= 0.6 is 0 Å². The number of rotatable bonds is 2. The predicted octanol–water partition coefficient (Wildman–Crippen LogP) is 1.23. The maximum absolute atomic E-state index is 8.81. The number of hydrogen-bond acceptors (Lipinski definition) is 3. The Hall–Kier alpha value is -0.410. The fourth-order valence-corrected chi connectivity index (χ4v) is 0. The van der Waals surface area contributed by atoms with Gasteiger partial charge in [-0.1, -0.05) is 20.8 Å². The van der Waals surface area contributed by atoms with E-state index in [2.05, 4.69) is 0 Å². The van der Waals surface area contributed by atoms with Crippen LogP contribution in [0.3, 0.4) is 0 Å². The van der Waals surface area contributed by atoms with Gasteiger partial charge in [0, 0.05) is 13.2 Å². The van der Waals surface area contributed by atoms with E-state index in [-0.39, 0.29) is 0 Å². The van der Waals surface area contributed by atoms with Gasteiger partial charge < -0.3 is 15.0 Å². The molecule has 0 atom stereocenters. The van der Waals surface area contributed by atoms with Gasteiger partial charge in [0.1, 0.15) is 6.29 Å². The maximum atomic E-state index is 8.81. The summed E-state index contributed by atoms with van der Waals surface area (Å²) in [5.74, 6) is 0.440. The van der Waals surface area contributed by atoms with E-state index in [1.807, 2.05) is 20.8 Å². The lowest BCUT2D eigenvalue weighted by Gasteiger charge is -1.90. The highest BCUT2D eigenvalue weighted by Gasteiger charge is 1.81. The zero-order valence-corrected chi connectivity index (χ0v) is 8.58. The van der Waals surface area contributed by atoms with Crippen molar-refractivity contribution in [1.29, 1.82) is 0 Å². The summed E-state index contributed by atoms with van der Waals surface area (Å²) in [6.07, 6.45) is 1.62. The van der Waals surface area contributed by atoms with E-state index in [1.54, 1.807) is 0 Å². The quantitative estimate of drug-likeness (QED) is 0.625. The van der Waals surface area contributed by atoms with Crippen molar-refractivity contribution in [2.75, 3.05) is 13.2 Å². The topological polar surface area (TPSA) is 57.5 Å². The molecular weight excluding hydrogens is 156 g/mol. The molecule has 76 valence electrons. The van der Waals surface area contributed by atoms with Crippen molar-refractivity contribution in [3.8, 4) is 0 Å². The van der Waals surface area contributed by atoms with Crippen LogP contribution in [0.25, 0.3) is 0 Å². The predicted molar refractivity (Wildman–Crippen MR) is 51.0 cm³/mol. The molecule has 0 aromatic rings. The molecule has 0 aromatic carbocycles. The molecule has 0 heterocycles. The minimum Gasteiger partial charge on any atom is -0.396 e. The van der Waals surface area contributed by atoms with Gasteiger partial charge >= 0.3 is 0 Å². The normalized spacial score (nSPS) is 7.58.